The van der Waals surface area contributed by atoms with E-state index in [4.69, 9.17) is 10.5 Å². The molecule has 7 nitrogen and oxygen atoms in total. The molecule has 0 aromatic carbocycles. The molecule has 0 saturated heterocycles. The number of nitrogens with zero attached hydrogens (tertiary/aromatic N) is 3. The number of anilines is 1. The first-order valence-electron chi connectivity index (χ1n) is 6.38. The van der Waals surface area contributed by atoms with E-state index in [-0.39, 0.29) is 10.7 Å². The predicted octanol–water partition coefficient (Wildman–Crippen LogP) is 0.532. The molecule has 0 aliphatic heterocycles. The SMILES string of the molecule is CCOCCN(CC)S(=O)(=O)c1cn(CC)nc1N. The van der Waals surface area contributed by atoms with Crippen LogP contribution in [0, 0.1) is 0 Å². The van der Waals surface area contributed by atoms with Gasteiger partial charge in [-0.3, -0.25) is 4.68 Å². The average Bonchev–Trinajstić information content (AvgIpc) is 2.76. The molecule has 0 aliphatic carbocycles. The van der Waals surface area contributed by atoms with Gasteiger partial charge < -0.3 is 10.5 Å². The van der Waals surface area contributed by atoms with Gasteiger partial charge in [0, 0.05) is 32.4 Å². The van der Waals surface area contributed by atoms with Crippen molar-refractivity contribution in [2.45, 2.75) is 32.2 Å². The second kappa shape index (κ2) is 6.88. The molecule has 0 aliphatic rings. The second-order valence-electron chi connectivity index (χ2n) is 3.93. The van der Waals surface area contributed by atoms with Crippen molar-refractivity contribution in [3.8, 4) is 0 Å². The molecule has 0 fully saturated rings. The molecule has 0 spiro atoms. The zero-order valence-corrected chi connectivity index (χ0v) is 12.5. The molecule has 110 valence electrons. The van der Waals surface area contributed by atoms with Gasteiger partial charge in [0.25, 0.3) is 0 Å². The number of nitrogen functional groups attached to an aromatic ring is 1. The predicted molar refractivity (Wildman–Crippen MR) is 73.2 cm³/mol. The Hall–Kier alpha value is -1.12. The van der Waals surface area contributed by atoms with E-state index in [1.54, 1.807) is 6.92 Å². The number of hydrogen-bond acceptors (Lipinski definition) is 5. The first-order valence-corrected chi connectivity index (χ1v) is 7.82. The summed E-state index contributed by atoms with van der Waals surface area (Å²) in [6.45, 7) is 7.70. The number of rotatable bonds is 8. The minimum Gasteiger partial charge on any atom is -0.381 e. The zero-order valence-electron chi connectivity index (χ0n) is 11.7. The van der Waals surface area contributed by atoms with Crippen LogP contribution in [0.25, 0.3) is 0 Å². The molecule has 19 heavy (non-hydrogen) atoms. The topological polar surface area (TPSA) is 90.5 Å². The molecule has 0 bridgehead atoms. The molecule has 0 atom stereocenters. The van der Waals surface area contributed by atoms with E-state index in [0.29, 0.717) is 32.8 Å². The quantitative estimate of drug-likeness (QED) is 0.705. The molecule has 1 rings (SSSR count). The normalized spacial score (nSPS) is 12.2. The third-order valence-electron chi connectivity index (χ3n) is 2.74. The number of aryl methyl sites for hydroxylation is 1. The molecule has 0 amide bonds. The minimum absolute atomic E-state index is 0.0386. The summed E-state index contributed by atoms with van der Waals surface area (Å²) >= 11 is 0. The van der Waals surface area contributed by atoms with Crippen LogP contribution in [0.1, 0.15) is 20.8 Å². The Bertz CT molecular complexity index is 498. The lowest BCUT2D eigenvalue weighted by Gasteiger charge is -2.19. The standard InChI is InChI=1S/C11H22N4O3S/c1-4-14-9-10(11(12)13-14)19(16,17)15(5-2)7-8-18-6-3/h9H,4-8H2,1-3H3,(H2,12,13). The second-order valence-corrected chi connectivity index (χ2v) is 5.83. The largest absolute Gasteiger partial charge is 0.381 e. The Morgan fingerprint density at radius 2 is 2.11 bits per heavy atom. The van der Waals surface area contributed by atoms with Gasteiger partial charge in [-0.25, -0.2) is 8.42 Å². The van der Waals surface area contributed by atoms with Crippen LogP contribution in [0.4, 0.5) is 5.82 Å². The van der Waals surface area contributed by atoms with E-state index >= 15 is 0 Å². The van der Waals surface area contributed by atoms with Gasteiger partial charge in [-0.05, 0) is 13.8 Å². The summed E-state index contributed by atoms with van der Waals surface area (Å²) in [6.07, 6.45) is 1.47. The van der Waals surface area contributed by atoms with E-state index in [9.17, 15) is 8.42 Å². The summed E-state index contributed by atoms with van der Waals surface area (Å²) in [5, 5.41) is 3.97. The summed E-state index contributed by atoms with van der Waals surface area (Å²) in [4.78, 5) is 0.0627. The minimum atomic E-state index is -3.61. The summed E-state index contributed by atoms with van der Waals surface area (Å²) in [6, 6.07) is 0. The monoisotopic (exact) mass is 290 g/mol. The maximum absolute atomic E-state index is 12.4. The third kappa shape index (κ3) is 3.68. The Morgan fingerprint density at radius 1 is 1.42 bits per heavy atom. The van der Waals surface area contributed by atoms with E-state index in [0.717, 1.165) is 0 Å². The van der Waals surface area contributed by atoms with Gasteiger partial charge in [-0.2, -0.15) is 9.40 Å². The number of sulfonamides is 1. The number of ether oxygens (including phenoxy) is 1. The summed E-state index contributed by atoms with van der Waals surface area (Å²) in [7, 11) is -3.61. The van der Waals surface area contributed by atoms with Crippen molar-refractivity contribution in [1.82, 2.24) is 14.1 Å². The van der Waals surface area contributed by atoms with Gasteiger partial charge in [-0.15, -0.1) is 0 Å². The van der Waals surface area contributed by atoms with Crippen molar-refractivity contribution in [1.29, 1.82) is 0 Å². The summed E-state index contributed by atoms with van der Waals surface area (Å²) in [5.41, 5.74) is 5.68. The van der Waals surface area contributed by atoms with E-state index in [2.05, 4.69) is 5.10 Å². The summed E-state index contributed by atoms with van der Waals surface area (Å²) < 4.78 is 32.9. The van der Waals surface area contributed by atoms with Crippen LogP contribution >= 0.6 is 0 Å². The van der Waals surface area contributed by atoms with Crippen LogP contribution in [0.5, 0.6) is 0 Å². The van der Waals surface area contributed by atoms with Crippen molar-refractivity contribution in [3.63, 3.8) is 0 Å². The molecule has 8 heteroatoms. The lowest BCUT2D eigenvalue weighted by molar-refractivity contribution is 0.135. The Kier molecular flexibility index (Phi) is 5.77. The zero-order chi connectivity index (χ0) is 14.5. The Balaban J connectivity index is 2.96. The van der Waals surface area contributed by atoms with Crippen LogP contribution in [0.15, 0.2) is 11.1 Å². The highest BCUT2D eigenvalue weighted by Gasteiger charge is 2.27. The van der Waals surface area contributed by atoms with Crippen molar-refractivity contribution < 1.29 is 13.2 Å². The third-order valence-corrected chi connectivity index (χ3v) is 4.73. The van der Waals surface area contributed by atoms with E-state index in [1.165, 1.54) is 15.2 Å². The smallest absolute Gasteiger partial charge is 0.248 e. The van der Waals surface area contributed by atoms with Crippen molar-refractivity contribution in [2.24, 2.45) is 0 Å². The lowest BCUT2D eigenvalue weighted by atomic mass is 10.6. The van der Waals surface area contributed by atoms with Gasteiger partial charge in [-0.1, -0.05) is 6.92 Å². The molecule has 1 heterocycles. The molecule has 0 unspecified atom stereocenters. The highest BCUT2D eigenvalue weighted by Crippen LogP contribution is 2.20. The fourth-order valence-electron chi connectivity index (χ4n) is 1.68. The van der Waals surface area contributed by atoms with Gasteiger partial charge >= 0.3 is 0 Å². The first-order chi connectivity index (χ1) is 8.97. The maximum Gasteiger partial charge on any atom is 0.248 e. The fraction of sp³-hybridized carbons (Fsp3) is 0.727. The lowest BCUT2D eigenvalue weighted by Crippen LogP contribution is -2.34. The van der Waals surface area contributed by atoms with Gasteiger partial charge in [0.2, 0.25) is 10.0 Å². The molecular formula is C11H22N4O3S. The number of hydrogen-bond donors (Lipinski definition) is 1. The number of aromatic nitrogens is 2. The van der Waals surface area contributed by atoms with Gasteiger partial charge in [0.05, 0.1) is 6.61 Å². The summed E-state index contributed by atoms with van der Waals surface area (Å²) in [5.74, 6) is 0.0386. The van der Waals surface area contributed by atoms with Crippen LogP contribution in [-0.2, 0) is 21.3 Å². The van der Waals surface area contributed by atoms with Crippen LogP contribution in [0.2, 0.25) is 0 Å². The molecule has 0 saturated carbocycles. The Morgan fingerprint density at radius 3 is 2.58 bits per heavy atom. The Labute approximate surface area is 114 Å². The van der Waals surface area contributed by atoms with E-state index < -0.39 is 10.0 Å². The molecular weight excluding hydrogens is 268 g/mol. The fourth-order valence-corrected chi connectivity index (χ4v) is 3.17. The first kappa shape index (κ1) is 15.9. The molecule has 2 N–H and O–H groups in total. The molecule has 1 aromatic heterocycles. The van der Waals surface area contributed by atoms with Crippen molar-refractivity contribution in [2.75, 3.05) is 32.0 Å². The molecule has 1 aromatic rings. The van der Waals surface area contributed by atoms with E-state index in [1.807, 2.05) is 13.8 Å². The van der Waals surface area contributed by atoms with Crippen LogP contribution in [0.3, 0.4) is 0 Å². The number of nitrogens with two attached hydrogens (primary N) is 1. The number of likely N-dealkylation sites (N-methyl/N-ethyl adjacent to an activating group) is 1. The highest BCUT2D eigenvalue weighted by molar-refractivity contribution is 7.89. The van der Waals surface area contributed by atoms with Crippen LogP contribution < -0.4 is 5.73 Å². The maximum atomic E-state index is 12.4. The van der Waals surface area contributed by atoms with Gasteiger partial charge in [0.1, 0.15) is 4.90 Å². The highest BCUT2D eigenvalue weighted by atomic mass is 32.2. The van der Waals surface area contributed by atoms with Crippen molar-refractivity contribution in [3.05, 3.63) is 6.20 Å². The molecule has 0 radical (unpaired) electrons. The average molecular weight is 290 g/mol. The van der Waals surface area contributed by atoms with Gasteiger partial charge in [0.15, 0.2) is 5.82 Å². The van der Waals surface area contributed by atoms with Crippen molar-refractivity contribution >= 4 is 15.8 Å². The van der Waals surface area contributed by atoms with Crippen LogP contribution in [-0.4, -0.2) is 48.8 Å².